The number of benzene rings is 2. The lowest BCUT2D eigenvalue weighted by molar-refractivity contribution is 0.0502. The highest BCUT2D eigenvalue weighted by Crippen LogP contribution is 2.48. The second kappa shape index (κ2) is 13.6. The average molecular weight is 497 g/mol. The van der Waals surface area contributed by atoms with Crippen LogP contribution in [0.25, 0.3) is 0 Å². The molecule has 0 aromatic heterocycles. The largest absolute Gasteiger partial charge is 0.496 e. The molecule has 8 nitrogen and oxygen atoms in total. The van der Waals surface area contributed by atoms with E-state index in [0.29, 0.717) is 23.7 Å². The smallest absolute Gasteiger partial charge is 0.367 e. The fraction of sp³-hybridized carbons (Fsp3) is 0.520. The van der Waals surface area contributed by atoms with E-state index in [2.05, 4.69) is 19.9 Å². The Labute approximate surface area is 202 Å². The van der Waals surface area contributed by atoms with Gasteiger partial charge in [0.05, 0.1) is 27.4 Å². The SMILES string of the molecule is CCOP(=O)(COc1cc(OC)c(Cc2ccc(OCOC)c(C(C)C)c2)c(OC)c1)OCC. The van der Waals surface area contributed by atoms with Crippen LogP contribution < -0.4 is 18.9 Å². The van der Waals surface area contributed by atoms with E-state index >= 15 is 0 Å². The minimum absolute atomic E-state index is 0.196. The Hall–Kier alpha value is -2.25. The van der Waals surface area contributed by atoms with Crippen LogP contribution in [0, 0.1) is 0 Å². The third kappa shape index (κ3) is 7.64. The van der Waals surface area contributed by atoms with Crippen molar-refractivity contribution >= 4 is 7.60 Å². The van der Waals surface area contributed by atoms with E-state index in [1.54, 1.807) is 47.3 Å². The third-order valence-electron chi connectivity index (χ3n) is 5.03. The van der Waals surface area contributed by atoms with Gasteiger partial charge in [-0.3, -0.25) is 4.57 Å². The minimum atomic E-state index is -3.35. The second-order valence-corrected chi connectivity index (χ2v) is 9.78. The van der Waals surface area contributed by atoms with Crippen LogP contribution in [0.5, 0.6) is 23.0 Å². The van der Waals surface area contributed by atoms with Gasteiger partial charge in [-0.1, -0.05) is 26.0 Å². The van der Waals surface area contributed by atoms with Gasteiger partial charge in [0.15, 0.2) is 13.1 Å². The molecule has 0 radical (unpaired) electrons. The van der Waals surface area contributed by atoms with Gasteiger partial charge in [0.1, 0.15) is 23.0 Å². The lowest BCUT2D eigenvalue weighted by Crippen LogP contribution is -2.07. The molecule has 0 aliphatic carbocycles. The summed E-state index contributed by atoms with van der Waals surface area (Å²) in [4.78, 5) is 0. The maximum absolute atomic E-state index is 12.7. The summed E-state index contributed by atoms with van der Waals surface area (Å²) in [6.07, 6.45) is 0.369. The molecular weight excluding hydrogens is 459 g/mol. The zero-order valence-electron chi connectivity index (χ0n) is 21.2. The molecule has 0 unspecified atom stereocenters. The van der Waals surface area contributed by atoms with Crippen LogP contribution in [0.15, 0.2) is 30.3 Å². The van der Waals surface area contributed by atoms with E-state index in [1.165, 1.54) is 0 Å². The molecule has 0 saturated carbocycles. The van der Waals surface area contributed by atoms with E-state index in [4.69, 9.17) is 32.7 Å². The quantitative estimate of drug-likeness (QED) is 0.219. The predicted molar refractivity (Wildman–Crippen MR) is 132 cm³/mol. The summed E-state index contributed by atoms with van der Waals surface area (Å²) in [6, 6.07) is 9.60. The van der Waals surface area contributed by atoms with Crippen molar-refractivity contribution in [1.82, 2.24) is 0 Å². The van der Waals surface area contributed by atoms with Gasteiger partial charge in [-0.25, -0.2) is 0 Å². The van der Waals surface area contributed by atoms with Gasteiger partial charge in [0.2, 0.25) is 0 Å². The molecule has 2 aromatic carbocycles. The highest BCUT2D eigenvalue weighted by atomic mass is 31.2. The molecule has 0 fully saturated rings. The molecule has 0 N–H and O–H groups in total. The molecule has 0 bridgehead atoms. The fourth-order valence-corrected chi connectivity index (χ4v) is 4.81. The van der Waals surface area contributed by atoms with E-state index in [1.807, 2.05) is 12.1 Å². The summed E-state index contributed by atoms with van der Waals surface area (Å²) in [5.74, 6) is 2.72. The Morgan fingerprint density at radius 1 is 0.853 bits per heavy atom. The van der Waals surface area contributed by atoms with Crippen molar-refractivity contribution < 1.29 is 37.3 Å². The van der Waals surface area contributed by atoms with E-state index in [-0.39, 0.29) is 32.3 Å². The molecule has 9 heteroatoms. The standard InChI is InChI=1S/C25H37O8P/c1-8-32-34(26,33-9-2)17-31-20-14-24(28-6)22(25(15-20)29-7)13-19-10-11-23(30-16-27-5)21(12-19)18(3)4/h10-12,14-15,18H,8-9,13,16-17H2,1-7H3. The van der Waals surface area contributed by atoms with Gasteiger partial charge in [0, 0.05) is 31.2 Å². The Bertz CT molecular complexity index is 925. The molecule has 0 aliphatic rings. The van der Waals surface area contributed by atoms with Crippen LogP contribution in [0.1, 0.15) is 50.3 Å². The van der Waals surface area contributed by atoms with Crippen molar-refractivity contribution in [2.24, 2.45) is 0 Å². The van der Waals surface area contributed by atoms with Crippen LogP contribution in [-0.2, 0) is 24.8 Å². The van der Waals surface area contributed by atoms with Crippen molar-refractivity contribution in [3.63, 3.8) is 0 Å². The average Bonchev–Trinajstić information content (AvgIpc) is 2.82. The number of methoxy groups -OCH3 is 3. The van der Waals surface area contributed by atoms with Crippen molar-refractivity contribution in [2.45, 2.75) is 40.0 Å². The molecule has 0 atom stereocenters. The van der Waals surface area contributed by atoms with Gasteiger partial charge >= 0.3 is 7.60 Å². The van der Waals surface area contributed by atoms with Crippen LogP contribution >= 0.6 is 7.60 Å². The molecule has 0 amide bonds. The third-order valence-corrected chi connectivity index (χ3v) is 6.78. The molecule has 34 heavy (non-hydrogen) atoms. The first-order valence-corrected chi connectivity index (χ1v) is 13.0. The maximum atomic E-state index is 12.7. The first-order chi connectivity index (χ1) is 16.3. The van der Waals surface area contributed by atoms with Crippen LogP contribution in [0.4, 0.5) is 0 Å². The van der Waals surface area contributed by atoms with Gasteiger partial charge in [-0.2, -0.15) is 0 Å². The molecule has 0 heterocycles. The van der Waals surface area contributed by atoms with Crippen LogP contribution in [0.3, 0.4) is 0 Å². The number of rotatable bonds is 15. The van der Waals surface area contributed by atoms with Crippen LogP contribution in [0.2, 0.25) is 0 Å². The number of hydrogen-bond acceptors (Lipinski definition) is 8. The lowest BCUT2D eigenvalue weighted by Gasteiger charge is -2.20. The maximum Gasteiger partial charge on any atom is 0.367 e. The summed E-state index contributed by atoms with van der Waals surface area (Å²) in [7, 11) is 1.43. The zero-order chi connectivity index (χ0) is 25.1. The van der Waals surface area contributed by atoms with Gasteiger partial charge in [0.25, 0.3) is 0 Å². The van der Waals surface area contributed by atoms with Crippen LogP contribution in [-0.4, -0.2) is 47.7 Å². The molecule has 190 valence electrons. The Balaban J connectivity index is 2.32. The second-order valence-electron chi connectivity index (χ2n) is 7.78. The Kier molecular flexibility index (Phi) is 11.2. The van der Waals surface area contributed by atoms with Gasteiger partial charge < -0.3 is 32.7 Å². The van der Waals surface area contributed by atoms with Crippen molar-refractivity contribution in [2.75, 3.05) is 47.7 Å². The van der Waals surface area contributed by atoms with E-state index in [0.717, 1.165) is 22.4 Å². The van der Waals surface area contributed by atoms with Crippen molar-refractivity contribution in [1.29, 1.82) is 0 Å². The van der Waals surface area contributed by atoms with E-state index in [9.17, 15) is 4.57 Å². The molecule has 2 aromatic rings. The molecule has 2 rings (SSSR count). The first kappa shape index (κ1) is 28.0. The zero-order valence-corrected chi connectivity index (χ0v) is 22.1. The lowest BCUT2D eigenvalue weighted by atomic mass is 9.96. The molecule has 0 saturated heterocycles. The summed E-state index contributed by atoms with van der Waals surface area (Å²) in [5, 5.41) is 0. The van der Waals surface area contributed by atoms with Crippen molar-refractivity contribution in [3.8, 4) is 23.0 Å². The summed E-state index contributed by atoms with van der Waals surface area (Å²) >= 11 is 0. The molecule has 0 spiro atoms. The topological polar surface area (TPSA) is 81.7 Å². The summed E-state index contributed by atoms with van der Waals surface area (Å²) in [5.41, 5.74) is 3.04. The predicted octanol–water partition coefficient (Wildman–Crippen LogP) is 6.00. The number of ether oxygens (including phenoxy) is 5. The fourth-order valence-electron chi connectivity index (χ4n) is 3.49. The molecule has 0 aliphatic heterocycles. The Morgan fingerprint density at radius 3 is 1.97 bits per heavy atom. The minimum Gasteiger partial charge on any atom is -0.496 e. The summed E-state index contributed by atoms with van der Waals surface area (Å²) < 4.78 is 51.2. The van der Waals surface area contributed by atoms with Gasteiger partial charge in [-0.15, -0.1) is 0 Å². The normalized spacial score (nSPS) is 11.5. The number of hydrogen-bond donors (Lipinski definition) is 0. The summed E-state index contributed by atoms with van der Waals surface area (Å²) in [6.45, 7) is 8.48. The van der Waals surface area contributed by atoms with E-state index < -0.39 is 7.60 Å². The monoisotopic (exact) mass is 496 g/mol. The highest BCUT2D eigenvalue weighted by Gasteiger charge is 2.25. The van der Waals surface area contributed by atoms with Crippen molar-refractivity contribution in [3.05, 3.63) is 47.0 Å². The van der Waals surface area contributed by atoms with Gasteiger partial charge in [-0.05, 0) is 37.0 Å². The Morgan fingerprint density at radius 2 is 1.47 bits per heavy atom. The first-order valence-electron chi connectivity index (χ1n) is 11.3. The highest BCUT2D eigenvalue weighted by molar-refractivity contribution is 7.53. The molecular formula is C25H37O8P.